The second kappa shape index (κ2) is 5.22. The zero-order valence-electron chi connectivity index (χ0n) is 12.5. The van der Waals surface area contributed by atoms with Crippen molar-refractivity contribution in [3.8, 4) is 17.0 Å². The van der Waals surface area contributed by atoms with Crippen LogP contribution in [0.2, 0.25) is 0 Å². The fraction of sp³-hybridized carbons (Fsp3) is 0.167. The number of carboxylic acids is 1. The molecular weight excluding hydrogens is 278 g/mol. The van der Waals surface area contributed by atoms with Crippen molar-refractivity contribution in [1.29, 1.82) is 0 Å². The third kappa shape index (κ3) is 2.04. The van der Waals surface area contributed by atoms with Crippen LogP contribution in [0.5, 0.6) is 5.75 Å². The van der Waals surface area contributed by atoms with E-state index in [1.54, 1.807) is 6.07 Å². The molecule has 0 spiro atoms. The van der Waals surface area contributed by atoms with Crippen molar-refractivity contribution in [2.75, 3.05) is 0 Å². The van der Waals surface area contributed by atoms with Crippen LogP contribution in [0.25, 0.3) is 22.2 Å². The van der Waals surface area contributed by atoms with Gasteiger partial charge in [0, 0.05) is 18.5 Å². The van der Waals surface area contributed by atoms with E-state index in [4.69, 9.17) is 0 Å². The minimum atomic E-state index is -1.12. The Morgan fingerprint density at radius 3 is 2.45 bits per heavy atom. The number of aromatic carboxylic acids is 1. The number of aryl methyl sites for hydroxylation is 2. The van der Waals surface area contributed by atoms with Crippen LogP contribution in [-0.2, 0) is 13.5 Å². The van der Waals surface area contributed by atoms with Crippen molar-refractivity contribution in [2.24, 2.45) is 7.05 Å². The van der Waals surface area contributed by atoms with Gasteiger partial charge in [0.1, 0.15) is 11.3 Å². The van der Waals surface area contributed by atoms with Crippen molar-refractivity contribution in [2.45, 2.75) is 13.3 Å². The standard InChI is InChI=1S/C18H17NO3/c1-3-12-13-9-14(18(21)22)16(20)10-15(13)19(2)17(12)11-7-5-4-6-8-11/h4-10,20H,3H2,1-2H3,(H,21,22). The molecule has 1 aromatic heterocycles. The molecule has 3 rings (SSSR count). The van der Waals surface area contributed by atoms with Gasteiger partial charge in [-0.2, -0.15) is 0 Å². The minimum absolute atomic E-state index is 0.0626. The molecule has 112 valence electrons. The number of carbonyl (C=O) groups is 1. The fourth-order valence-electron chi connectivity index (χ4n) is 3.04. The predicted octanol–water partition coefficient (Wildman–Crippen LogP) is 3.81. The second-order valence-electron chi connectivity index (χ2n) is 5.30. The number of rotatable bonds is 3. The molecule has 0 radical (unpaired) electrons. The predicted molar refractivity (Wildman–Crippen MR) is 86.4 cm³/mol. The molecule has 0 unspecified atom stereocenters. The molecule has 1 heterocycles. The van der Waals surface area contributed by atoms with Gasteiger partial charge in [0.05, 0.1) is 11.2 Å². The summed E-state index contributed by atoms with van der Waals surface area (Å²) < 4.78 is 2.01. The molecule has 3 aromatic rings. The molecule has 22 heavy (non-hydrogen) atoms. The van der Waals surface area contributed by atoms with E-state index in [2.05, 4.69) is 6.92 Å². The summed E-state index contributed by atoms with van der Waals surface area (Å²) in [5.41, 5.74) is 3.99. The average Bonchev–Trinajstić information content (AvgIpc) is 2.79. The molecule has 2 N–H and O–H groups in total. The van der Waals surface area contributed by atoms with Gasteiger partial charge in [-0.25, -0.2) is 4.79 Å². The Bertz CT molecular complexity index is 863. The number of benzene rings is 2. The summed E-state index contributed by atoms with van der Waals surface area (Å²) in [5.74, 6) is -1.32. The van der Waals surface area contributed by atoms with Gasteiger partial charge in [0.2, 0.25) is 0 Å². The SMILES string of the molecule is CCc1c(-c2ccccc2)n(C)c2cc(O)c(C(=O)O)cc12. The minimum Gasteiger partial charge on any atom is -0.507 e. The molecule has 0 saturated heterocycles. The van der Waals surface area contributed by atoms with Gasteiger partial charge >= 0.3 is 5.97 Å². The first-order valence-electron chi connectivity index (χ1n) is 7.17. The summed E-state index contributed by atoms with van der Waals surface area (Å²) in [6.07, 6.45) is 0.783. The molecule has 0 aliphatic heterocycles. The molecule has 0 fully saturated rings. The number of aromatic nitrogens is 1. The highest BCUT2D eigenvalue weighted by atomic mass is 16.4. The molecule has 0 amide bonds. The molecular formula is C18H17NO3. The van der Waals surface area contributed by atoms with Gasteiger partial charge in [-0.3, -0.25) is 0 Å². The lowest BCUT2D eigenvalue weighted by Gasteiger charge is -2.07. The molecule has 2 aromatic carbocycles. The number of carboxylic acid groups (broad SMARTS) is 1. The lowest BCUT2D eigenvalue weighted by atomic mass is 10.0. The second-order valence-corrected chi connectivity index (χ2v) is 5.30. The van der Waals surface area contributed by atoms with Gasteiger partial charge in [0.25, 0.3) is 0 Å². The summed E-state index contributed by atoms with van der Waals surface area (Å²) >= 11 is 0. The van der Waals surface area contributed by atoms with Gasteiger partial charge in [-0.05, 0) is 23.6 Å². The Morgan fingerprint density at radius 1 is 1.18 bits per heavy atom. The summed E-state index contributed by atoms with van der Waals surface area (Å²) in [7, 11) is 1.93. The van der Waals surface area contributed by atoms with Crippen molar-refractivity contribution < 1.29 is 15.0 Å². The van der Waals surface area contributed by atoms with Crippen LogP contribution >= 0.6 is 0 Å². The normalized spacial score (nSPS) is 11.0. The highest BCUT2D eigenvalue weighted by Crippen LogP contribution is 2.36. The quantitative estimate of drug-likeness (QED) is 0.772. The van der Waals surface area contributed by atoms with Crippen LogP contribution in [-0.4, -0.2) is 20.7 Å². The average molecular weight is 295 g/mol. The van der Waals surface area contributed by atoms with E-state index in [0.717, 1.165) is 34.1 Å². The fourth-order valence-corrected chi connectivity index (χ4v) is 3.04. The van der Waals surface area contributed by atoms with E-state index >= 15 is 0 Å². The zero-order chi connectivity index (χ0) is 15.9. The van der Waals surface area contributed by atoms with Crippen LogP contribution in [0.15, 0.2) is 42.5 Å². The van der Waals surface area contributed by atoms with Gasteiger partial charge in [-0.15, -0.1) is 0 Å². The van der Waals surface area contributed by atoms with E-state index in [9.17, 15) is 15.0 Å². The Hall–Kier alpha value is -2.75. The lowest BCUT2D eigenvalue weighted by molar-refractivity contribution is 0.0694. The highest BCUT2D eigenvalue weighted by Gasteiger charge is 2.19. The Morgan fingerprint density at radius 2 is 1.86 bits per heavy atom. The van der Waals surface area contributed by atoms with E-state index in [-0.39, 0.29) is 11.3 Å². The number of fused-ring (bicyclic) bond motifs is 1. The monoisotopic (exact) mass is 295 g/mol. The topological polar surface area (TPSA) is 62.5 Å². The summed E-state index contributed by atoms with van der Waals surface area (Å²) in [6.45, 7) is 2.05. The summed E-state index contributed by atoms with van der Waals surface area (Å²) in [4.78, 5) is 11.3. The number of hydrogen-bond donors (Lipinski definition) is 2. The molecule has 0 aliphatic carbocycles. The smallest absolute Gasteiger partial charge is 0.339 e. The first-order valence-corrected chi connectivity index (χ1v) is 7.17. The van der Waals surface area contributed by atoms with Gasteiger partial charge in [-0.1, -0.05) is 37.3 Å². The van der Waals surface area contributed by atoms with Crippen LogP contribution in [0.4, 0.5) is 0 Å². The van der Waals surface area contributed by atoms with Crippen LogP contribution in [0.1, 0.15) is 22.8 Å². The highest BCUT2D eigenvalue weighted by molar-refractivity contribution is 6.00. The summed E-state index contributed by atoms with van der Waals surface area (Å²) in [5, 5.41) is 20.0. The first kappa shape index (κ1) is 14.2. The molecule has 0 saturated carbocycles. The van der Waals surface area contributed by atoms with Crippen molar-refractivity contribution in [3.63, 3.8) is 0 Å². The molecule has 4 nitrogen and oxygen atoms in total. The van der Waals surface area contributed by atoms with Crippen molar-refractivity contribution in [1.82, 2.24) is 4.57 Å². The van der Waals surface area contributed by atoms with E-state index in [0.29, 0.717) is 0 Å². The number of aromatic hydroxyl groups is 1. The maximum Gasteiger partial charge on any atom is 0.339 e. The molecule has 0 atom stereocenters. The lowest BCUT2D eigenvalue weighted by Crippen LogP contribution is -1.97. The van der Waals surface area contributed by atoms with Crippen LogP contribution in [0, 0.1) is 0 Å². The van der Waals surface area contributed by atoms with Crippen LogP contribution < -0.4 is 0 Å². The van der Waals surface area contributed by atoms with E-state index < -0.39 is 5.97 Å². The number of phenols is 1. The summed E-state index contributed by atoms with van der Waals surface area (Å²) in [6, 6.07) is 13.1. The van der Waals surface area contributed by atoms with Gasteiger partial charge in [0.15, 0.2) is 0 Å². The van der Waals surface area contributed by atoms with E-state index in [1.807, 2.05) is 41.9 Å². The van der Waals surface area contributed by atoms with Crippen LogP contribution in [0.3, 0.4) is 0 Å². The largest absolute Gasteiger partial charge is 0.507 e. The number of hydrogen-bond acceptors (Lipinski definition) is 2. The zero-order valence-corrected chi connectivity index (χ0v) is 12.5. The number of nitrogens with zero attached hydrogens (tertiary/aromatic N) is 1. The maximum absolute atomic E-state index is 11.3. The van der Waals surface area contributed by atoms with Gasteiger partial charge < -0.3 is 14.8 Å². The maximum atomic E-state index is 11.3. The van der Waals surface area contributed by atoms with Crippen molar-refractivity contribution in [3.05, 3.63) is 53.6 Å². The Labute approximate surface area is 128 Å². The Balaban J connectivity index is 2.40. The molecule has 0 aliphatic rings. The Kier molecular flexibility index (Phi) is 3.37. The van der Waals surface area contributed by atoms with Crippen molar-refractivity contribution >= 4 is 16.9 Å². The molecule has 0 bridgehead atoms. The van der Waals surface area contributed by atoms with E-state index in [1.165, 1.54) is 6.07 Å². The third-order valence-corrected chi connectivity index (χ3v) is 4.05. The molecule has 4 heteroatoms. The first-order chi connectivity index (χ1) is 10.5. The third-order valence-electron chi connectivity index (χ3n) is 4.05.